The lowest BCUT2D eigenvalue weighted by Crippen LogP contribution is -2.33. The van der Waals surface area contributed by atoms with Crippen LogP contribution in [0.25, 0.3) is 0 Å². The number of rotatable bonds is 8. The van der Waals surface area contributed by atoms with Gasteiger partial charge in [0.2, 0.25) is 0 Å². The molecule has 1 fully saturated rings. The summed E-state index contributed by atoms with van der Waals surface area (Å²) in [4.78, 5) is 0. The molecule has 0 amide bonds. The molecule has 2 heteroatoms. The van der Waals surface area contributed by atoms with Crippen molar-refractivity contribution < 1.29 is 4.74 Å². The second kappa shape index (κ2) is 8.08. The van der Waals surface area contributed by atoms with E-state index >= 15 is 0 Å². The summed E-state index contributed by atoms with van der Waals surface area (Å²) in [6.07, 6.45) is 10.2. The average Bonchev–Trinajstić information content (AvgIpc) is 2.68. The van der Waals surface area contributed by atoms with E-state index < -0.39 is 0 Å². The molecule has 1 aliphatic heterocycles. The molecule has 3 atom stereocenters. The maximum Gasteiger partial charge on any atom is 0.0704 e. The highest BCUT2D eigenvalue weighted by Gasteiger charge is 2.21. The zero-order valence-electron chi connectivity index (χ0n) is 11.3. The highest BCUT2D eigenvalue weighted by atomic mass is 16.5. The van der Waals surface area contributed by atoms with Gasteiger partial charge in [-0.2, -0.15) is 0 Å². The molecule has 3 unspecified atom stereocenters. The van der Waals surface area contributed by atoms with Crippen LogP contribution >= 0.6 is 0 Å². The van der Waals surface area contributed by atoms with Crippen LogP contribution in [-0.2, 0) is 4.74 Å². The highest BCUT2D eigenvalue weighted by molar-refractivity contribution is 4.74. The zero-order chi connectivity index (χ0) is 11.8. The molecule has 0 aromatic heterocycles. The maximum atomic E-state index is 5.79. The number of nitrogens with one attached hydrogen (secondary N) is 1. The lowest BCUT2D eigenvalue weighted by molar-refractivity contribution is 0.0544. The summed E-state index contributed by atoms with van der Waals surface area (Å²) in [5.74, 6) is 0. The lowest BCUT2D eigenvalue weighted by Gasteiger charge is -2.17. The van der Waals surface area contributed by atoms with E-state index in [0.29, 0.717) is 18.2 Å². The standard InChI is InChI=1S/C14H29NO/c1-4-5-6-7-8-12(2)15-11-14-10-9-13(3)16-14/h12-15H,4-11H2,1-3H3. The van der Waals surface area contributed by atoms with Crippen molar-refractivity contribution in [2.24, 2.45) is 0 Å². The fourth-order valence-electron chi connectivity index (χ4n) is 2.35. The van der Waals surface area contributed by atoms with E-state index in [0.717, 1.165) is 6.54 Å². The summed E-state index contributed by atoms with van der Waals surface area (Å²) in [5.41, 5.74) is 0. The quantitative estimate of drug-likeness (QED) is 0.641. The topological polar surface area (TPSA) is 21.3 Å². The first-order valence-electron chi connectivity index (χ1n) is 7.11. The van der Waals surface area contributed by atoms with Crippen LogP contribution < -0.4 is 5.32 Å². The maximum absolute atomic E-state index is 5.79. The minimum Gasteiger partial charge on any atom is -0.374 e. The Kier molecular flexibility index (Phi) is 7.06. The molecule has 1 aliphatic rings. The third-order valence-corrected chi connectivity index (χ3v) is 3.50. The molecule has 0 aromatic carbocycles. The van der Waals surface area contributed by atoms with Gasteiger partial charge in [0.1, 0.15) is 0 Å². The molecule has 1 N–H and O–H groups in total. The summed E-state index contributed by atoms with van der Waals surface area (Å²) in [6.45, 7) is 7.78. The minimum absolute atomic E-state index is 0.466. The summed E-state index contributed by atoms with van der Waals surface area (Å²) in [5, 5.41) is 3.60. The molecule has 16 heavy (non-hydrogen) atoms. The van der Waals surface area contributed by atoms with E-state index in [1.54, 1.807) is 0 Å². The number of unbranched alkanes of at least 4 members (excludes halogenated alkanes) is 3. The molecule has 96 valence electrons. The van der Waals surface area contributed by atoms with Crippen LogP contribution in [0.3, 0.4) is 0 Å². The Morgan fingerprint density at radius 2 is 2.06 bits per heavy atom. The fraction of sp³-hybridized carbons (Fsp3) is 1.00. The van der Waals surface area contributed by atoms with Crippen molar-refractivity contribution in [1.82, 2.24) is 5.32 Å². The molecule has 0 spiro atoms. The van der Waals surface area contributed by atoms with Gasteiger partial charge in [-0.25, -0.2) is 0 Å². The number of hydrogen-bond donors (Lipinski definition) is 1. The summed E-state index contributed by atoms with van der Waals surface area (Å²) in [6, 6.07) is 0.649. The van der Waals surface area contributed by atoms with Gasteiger partial charge in [0, 0.05) is 12.6 Å². The van der Waals surface area contributed by atoms with E-state index in [9.17, 15) is 0 Å². The molecule has 0 saturated carbocycles. The van der Waals surface area contributed by atoms with Gasteiger partial charge in [-0.3, -0.25) is 0 Å². The van der Waals surface area contributed by atoms with Crippen molar-refractivity contribution in [3.63, 3.8) is 0 Å². The van der Waals surface area contributed by atoms with Gasteiger partial charge in [0.25, 0.3) is 0 Å². The largest absolute Gasteiger partial charge is 0.374 e. The van der Waals surface area contributed by atoms with E-state index in [1.165, 1.54) is 44.9 Å². The number of ether oxygens (including phenoxy) is 1. The minimum atomic E-state index is 0.466. The smallest absolute Gasteiger partial charge is 0.0704 e. The van der Waals surface area contributed by atoms with Crippen molar-refractivity contribution in [1.29, 1.82) is 0 Å². The van der Waals surface area contributed by atoms with Gasteiger partial charge in [0.15, 0.2) is 0 Å². The van der Waals surface area contributed by atoms with Crippen molar-refractivity contribution in [2.45, 2.75) is 84.0 Å². The van der Waals surface area contributed by atoms with E-state index in [2.05, 4.69) is 26.1 Å². The molecule has 0 bridgehead atoms. The Bertz CT molecular complexity index is 172. The van der Waals surface area contributed by atoms with Crippen molar-refractivity contribution in [3.8, 4) is 0 Å². The molecule has 1 heterocycles. The molecule has 1 rings (SSSR count). The first kappa shape index (κ1) is 14.0. The summed E-state index contributed by atoms with van der Waals surface area (Å²) >= 11 is 0. The van der Waals surface area contributed by atoms with Gasteiger partial charge < -0.3 is 10.1 Å². The molecular formula is C14H29NO. The Morgan fingerprint density at radius 3 is 2.69 bits per heavy atom. The third-order valence-electron chi connectivity index (χ3n) is 3.50. The van der Waals surface area contributed by atoms with Crippen LogP contribution in [0.4, 0.5) is 0 Å². The van der Waals surface area contributed by atoms with Crippen LogP contribution in [0.2, 0.25) is 0 Å². The average molecular weight is 227 g/mol. The molecular weight excluding hydrogens is 198 g/mol. The Hall–Kier alpha value is -0.0800. The normalized spacial score (nSPS) is 27.2. The molecule has 1 saturated heterocycles. The second-order valence-corrected chi connectivity index (χ2v) is 5.30. The van der Waals surface area contributed by atoms with Crippen molar-refractivity contribution >= 4 is 0 Å². The monoisotopic (exact) mass is 227 g/mol. The molecule has 0 aromatic rings. The molecule has 0 radical (unpaired) electrons. The van der Waals surface area contributed by atoms with Gasteiger partial charge in [-0.05, 0) is 33.1 Å². The van der Waals surface area contributed by atoms with E-state index in [4.69, 9.17) is 4.74 Å². The first-order chi connectivity index (χ1) is 7.72. The second-order valence-electron chi connectivity index (χ2n) is 5.30. The van der Waals surface area contributed by atoms with Crippen LogP contribution in [0.15, 0.2) is 0 Å². The van der Waals surface area contributed by atoms with Crippen molar-refractivity contribution in [2.75, 3.05) is 6.54 Å². The van der Waals surface area contributed by atoms with Gasteiger partial charge in [-0.1, -0.05) is 32.6 Å². The Morgan fingerprint density at radius 1 is 1.25 bits per heavy atom. The van der Waals surface area contributed by atoms with Crippen LogP contribution in [0, 0.1) is 0 Å². The van der Waals surface area contributed by atoms with Gasteiger partial charge >= 0.3 is 0 Å². The van der Waals surface area contributed by atoms with E-state index in [-0.39, 0.29) is 0 Å². The predicted octanol–water partition coefficient (Wildman–Crippen LogP) is 3.50. The SMILES string of the molecule is CCCCCCC(C)NCC1CCC(C)O1. The van der Waals surface area contributed by atoms with Gasteiger partial charge in [0.05, 0.1) is 12.2 Å². The summed E-state index contributed by atoms with van der Waals surface area (Å²) in [7, 11) is 0. The van der Waals surface area contributed by atoms with E-state index in [1.807, 2.05) is 0 Å². The Balaban J connectivity index is 1.95. The Labute approximate surface area is 101 Å². The lowest BCUT2D eigenvalue weighted by atomic mass is 10.1. The number of hydrogen-bond acceptors (Lipinski definition) is 2. The third kappa shape index (κ3) is 5.86. The van der Waals surface area contributed by atoms with Crippen LogP contribution in [0.1, 0.15) is 65.7 Å². The predicted molar refractivity (Wildman–Crippen MR) is 69.8 cm³/mol. The highest BCUT2D eigenvalue weighted by Crippen LogP contribution is 2.18. The first-order valence-corrected chi connectivity index (χ1v) is 7.11. The molecule has 0 aliphatic carbocycles. The van der Waals surface area contributed by atoms with Crippen LogP contribution in [0.5, 0.6) is 0 Å². The van der Waals surface area contributed by atoms with Crippen molar-refractivity contribution in [3.05, 3.63) is 0 Å². The molecule has 2 nitrogen and oxygen atoms in total. The summed E-state index contributed by atoms with van der Waals surface area (Å²) < 4.78 is 5.79. The van der Waals surface area contributed by atoms with Gasteiger partial charge in [-0.15, -0.1) is 0 Å². The fourth-order valence-corrected chi connectivity index (χ4v) is 2.35. The van der Waals surface area contributed by atoms with Crippen LogP contribution in [-0.4, -0.2) is 24.8 Å². The zero-order valence-corrected chi connectivity index (χ0v) is 11.3.